The van der Waals surface area contributed by atoms with E-state index in [2.05, 4.69) is 26.4 Å². The molecule has 1 aromatic carbocycles. The minimum atomic E-state index is -0.619. The van der Waals surface area contributed by atoms with E-state index in [1.54, 1.807) is 13.0 Å². The Kier molecular flexibility index (Phi) is 5.08. The fraction of sp³-hybridized carbons (Fsp3) is 0.273. The van der Waals surface area contributed by atoms with Gasteiger partial charge in [0.05, 0.1) is 10.0 Å². The van der Waals surface area contributed by atoms with E-state index in [1.165, 1.54) is 12.1 Å². The van der Waals surface area contributed by atoms with E-state index in [1.807, 2.05) is 0 Å². The summed E-state index contributed by atoms with van der Waals surface area (Å²) in [7, 11) is 0. The predicted molar refractivity (Wildman–Crippen MR) is 69.0 cm³/mol. The molecule has 5 nitrogen and oxygen atoms in total. The van der Waals surface area contributed by atoms with Crippen molar-refractivity contribution in [3.8, 4) is 0 Å². The van der Waals surface area contributed by atoms with Crippen LogP contribution in [0, 0.1) is 11.7 Å². The Balaban J connectivity index is 2.69. The lowest BCUT2D eigenvalue weighted by molar-refractivity contribution is 0.0947. The van der Waals surface area contributed by atoms with Gasteiger partial charge in [-0.2, -0.15) is 0 Å². The van der Waals surface area contributed by atoms with Gasteiger partial charge in [0.25, 0.3) is 5.91 Å². The lowest BCUT2D eigenvalue weighted by Crippen LogP contribution is -2.35. The van der Waals surface area contributed by atoms with Crippen molar-refractivity contribution >= 4 is 27.7 Å². The van der Waals surface area contributed by atoms with E-state index in [0.29, 0.717) is 0 Å². The van der Waals surface area contributed by atoms with Gasteiger partial charge in [-0.1, -0.05) is 18.1 Å². The number of nitrogens with two attached hydrogens (primary N) is 1. The number of benzene rings is 1. The summed E-state index contributed by atoms with van der Waals surface area (Å²) in [6.07, 6.45) is 0. The number of carbonyl (C=O) groups excluding carboxylic acids is 1. The van der Waals surface area contributed by atoms with Crippen LogP contribution in [0.25, 0.3) is 0 Å². The minimum Gasteiger partial charge on any atom is -0.409 e. The number of nitrogens with zero attached hydrogens (tertiary/aromatic N) is 1. The van der Waals surface area contributed by atoms with Crippen LogP contribution < -0.4 is 11.1 Å². The normalized spacial score (nSPS) is 13.2. The quantitative estimate of drug-likeness (QED) is 0.342. The Labute approximate surface area is 112 Å². The van der Waals surface area contributed by atoms with Crippen LogP contribution in [0.4, 0.5) is 4.39 Å². The summed E-state index contributed by atoms with van der Waals surface area (Å²) in [5.74, 6) is -1.50. The molecule has 1 rings (SSSR count). The summed E-state index contributed by atoms with van der Waals surface area (Å²) in [5.41, 5.74) is 5.30. The standard InChI is InChI=1S/C11H13BrFN3O2/c1-6(10(14)16-18)5-15-11(17)7-3-2-4-8(12)9(7)13/h2-4,6,18H,5H2,1H3,(H2,14,16)(H,15,17). The molecule has 7 heteroatoms. The Bertz CT molecular complexity index is 479. The number of amides is 1. The van der Waals surface area contributed by atoms with Gasteiger partial charge in [0.15, 0.2) is 0 Å². The van der Waals surface area contributed by atoms with E-state index in [0.717, 1.165) is 0 Å². The average Bonchev–Trinajstić information content (AvgIpc) is 2.37. The maximum atomic E-state index is 13.6. The third-order valence-electron chi connectivity index (χ3n) is 2.39. The summed E-state index contributed by atoms with van der Waals surface area (Å²) in [4.78, 5) is 11.7. The van der Waals surface area contributed by atoms with Crippen molar-refractivity contribution in [2.45, 2.75) is 6.92 Å². The number of halogens is 2. The van der Waals surface area contributed by atoms with Crippen LogP contribution in [0.2, 0.25) is 0 Å². The molecule has 0 aliphatic carbocycles. The maximum absolute atomic E-state index is 13.6. The molecular formula is C11H13BrFN3O2. The van der Waals surface area contributed by atoms with Crippen LogP contribution in [-0.4, -0.2) is 23.5 Å². The largest absolute Gasteiger partial charge is 0.409 e. The van der Waals surface area contributed by atoms with Crippen molar-refractivity contribution in [1.29, 1.82) is 0 Å². The molecule has 18 heavy (non-hydrogen) atoms. The number of carbonyl (C=O) groups is 1. The van der Waals surface area contributed by atoms with Crippen LogP contribution in [0.3, 0.4) is 0 Å². The zero-order valence-electron chi connectivity index (χ0n) is 9.65. The van der Waals surface area contributed by atoms with Gasteiger partial charge in [-0.15, -0.1) is 0 Å². The molecule has 0 heterocycles. The topological polar surface area (TPSA) is 87.7 Å². The fourth-order valence-electron chi connectivity index (χ4n) is 1.22. The van der Waals surface area contributed by atoms with E-state index < -0.39 is 11.7 Å². The Morgan fingerprint density at radius 2 is 2.33 bits per heavy atom. The smallest absolute Gasteiger partial charge is 0.254 e. The summed E-state index contributed by atoms with van der Waals surface area (Å²) in [5, 5.41) is 13.8. The molecule has 0 spiro atoms. The molecule has 0 saturated heterocycles. The monoisotopic (exact) mass is 317 g/mol. The molecule has 98 valence electrons. The lowest BCUT2D eigenvalue weighted by atomic mass is 10.1. The molecule has 1 atom stereocenters. The fourth-order valence-corrected chi connectivity index (χ4v) is 1.59. The van der Waals surface area contributed by atoms with Crippen LogP contribution in [0.1, 0.15) is 17.3 Å². The molecule has 4 N–H and O–H groups in total. The van der Waals surface area contributed by atoms with Crippen LogP contribution in [-0.2, 0) is 0 Å². The molecule has 0 aliphatic rings. The lowest BCUT2D eigenvalue weighted by Gasteiger charge is -2.11. The van der Waals surface area contributed by atoms with Crippen LogP contribution >= 0.6 is 15.9 Å². The van der Waals surface area contributed by atoms with Crippen molar-refractivity contribution in [2.24, 2.45) is 16.8 Å². The number of amidine groups is 1. The first-order chi connectivity index (χ1) is 8.47. The molecule has 0 aliphatic heterocycles. The molecule has 0 radical (unpaired) electrons. The van der Waals surface area contributed by atoms with Crippen molar-refractivity contribution < 1.29 is 14.4 Å². The third-order valence-corrected chi connectivity index (χ3v) is 3.00. The van der Waals surface area contributed by atoms with E-state index in [4.69, 9.17) is 10.9 Å². The number of hydrogen-bond acceptors (Lipinski definition) is 3. The van der Waals surface area contributed by atoms with Crippen molar-refractivity contribution in [2.75, 3.05) is 6.54 Å². The first-order valence-electron chi connectivity index (χ1n) is 5.17. The highest BCUT2D eigenvalue weighted by Crippen LogP contribution is 2.18. The zero-order valence-corrected chi connectivity index (χ0v) is 11.2. The average molecular weight is 318 g/mol. The number of hydrogen-bond donors (Lipinski definition) is 3. The van der Waals surface area contributed by atoms with Gasteiger partial charge in [0, 0.05) is 12.5 Å². The van der Waals surface area contributed by atoms with Gasteiger partial charge in [-0.25, -0.2) is 4.39 Å². The van der Waals surface area contributed by atoms with Gasteiger partial charge in [-0.05, 0) is 28.1 Å². The number of nitrogens with one attached hydrogen (secondary N) is 1. The molecule has 0 fully saturated rings. The maximum Gasteiger partial charge on any atom is 0.254 e. The summed E-state index contributed by atoms with van der Waals surface area (Å²) in [6, 6.07) is 4.45. The second-order valence-electron chi connectivity index (χ2n) is 3.74. The molecule has 1 unspecified atom stereocenters. The predicted octanol–water partition coefficient (Wildman–Crippen LogP) is 1.70. The second-order valence-corrected chi connectivity index (χ2v) is 4.59. The first-order valence-corrected chi connectivity index (χ1v) is 5.96. The van der Waals surface area contributed by atoms with Crippen LogP contribution in [0.15, 0.2) is 27.8 Å². The highest BCUT2D eigenvalue weighted by Gasteiger charge is 2.15. The highest BCUT2D eigenvalue weighted by molar-refractivity contribution is 9.10. The minimum absolute atomic E-state index is 0.00464. The van der Waals surface area contributed by atoms with Crippen molar-refractivity contribution in [1.82, 2.24) is 5.32 Å². The zero-order chi connectivity index (χ0) is 13.7. The molecule has 1 aromatic rings. The van der Waals surface area contributed by atoms with Gasteiger partial charge < -0.3 is 16.3 Å². The van der Waals surface area contributed by atoms with Crippen LogP contribution in [0.5, 0.6) is 0 Å². The van der Waals surface area contributed by atoms with Gasteiger partial charge in [0.1, 0.15) is 11.7 Å². The SMILES string of the molecule is CC(CNC(=O)c1cccc(Br)c1F)/C(N)=N/O. The van der Waals surface area contributed by atoms with Gasteiger partial charge in [-0.3, -0.25) is 4.79 Å². The Morgan fingerprint density at radius 3 is 2.94 bits per heavy atom. The number of oxime groups is 1. The third kappa shape index (κ3) is 3.43. The molecule has 0 bridgehead atoms. The number of rotatable bonds is 4. The van der Waals surface area contributed by atoms with E-state index >= 15 is 0 Å². The van der Waals surface area contributed by atoms with Crippen molar-refractivity contribution in [3.05, 3.63) is 34.1 Å². The second kappa shape index (κ2) is 6.34. The summed E-state index contributed by atoms with van der Waals surface area (Å²) >= 11 is 3.00. The van der Waals surface area contributed by atoms with E-state index in [9.17, 15) is 9.18 Å². The Hall–Kier alpha value is -1.63. The molecule has 1 amide bonds. The van der Waals surface area contributed by atoms with Gasteiger partial charge >= 0.3 is 0 Å². The summed E-state index contributed by atoms with van der Waals surface area (Å²) in [6.45, 7) is 1.83. The van der Waals surface area contributed by atoms with Gasteiger partial charge in [0.2, 0.25) is 0 Å². The first kappa shape index (κ1) is 14.4. The summed E-state index contributed by atoms with van der Waals surface area (Å²) < 4.78 is 13.8. The highest BCUT2D eigenvalue weighted by atomic mass is 79.9. The van der Waals surface area contributed by atoms with Crippen molar-refractivity contribution in [3.63, 3.8) is 0 Å². The molecule has 0 saturated carbocycles. The van der Waals surface area contributed by atoms with E-state index in [-0.39, 0.29) is 28.3 Å². The Morgan fingerprint density at radius 1 is 1.67 bits per heavy atom. The molecule has 0 aromatic heterocycles. The molecular weight excluding hydrogens is 305 g/mol.